The summed E-state index contributed by atoms with van der Waals surface area (Å²) in [4.78, 5) is 19.3. The number of aromatic nitrogens is 1. The molecular formula is C37H34FN3O4. The van der Waals surface area contributed by atoms with Crippen molar-refractivity contribution in [2.45, 2.75) is 25.9 Å². The molecule has 4 aromatic carbocycles. The number of amides is 1. The molecule has 1 amide bonds. The van der Waals surface area contributed by atoms with Crippen LogP contribution in [-0.4, -0.2) is 35.6 Å². The number of nitrogens with one attached hydrogen (secondary N) is 1. The van der Waals surface area contributed by atoms with Gasteiger partial charge in [0.05, 0.1) is 6.04 Å². The second-order valence-corrected chi connectivity index (χ2v) is 10.7. The third-order valence-electron chi connectivity index (χ3n) is 7.64. The summed E-state index contributed by atoms with van der Waals surface area (Å²) < 4.78 is 33.6. The number of nitrogens with zero attached hydrogens (tertiary/aromatic N) is 2. The van der Waals surface area contributed by atoms with Crippen molar-refractivity contribution in [1.82, 2.24) is 15.2 Å². The van der Waals surface area contributed by atoms with Crippen LogP contribution < -0.4 is 14.8 Å². The molecule has 0 bridgehead atoms. The molecule has 8 heteroatoms. The van der Waals surface area contributed by atoms with Crippen LogP contribution in [0, 0.1) is 5.82 Å². The number of carbonyl (C=O) groups excluding carboxylic acids is 1. The average molecular weight is 604 g/mol. The van der Waals surface area contributed by atoms with E-state index in [0.717, 1.165) is 16.7 Å². The molecule has 1 fully saturated rings. The number of carbonyl (C=O) groups is 1. The molecule has 1 aliphatic rings. The Bertz CT molecular complexity index is 1700. The van der Waals surface area contributed by atoms with Crippen LogP contribution in [0.2, 0.25) is 0 Å². The Morgan fingerprint density at radius 1 is 0.778 bits per heavy atom. The van der Waals surface area contributed by atoms with Gasteiger partial charge < -0.3 is 19.5 Å². The highest BCUT2D eigenvalue weighted by Gasteiger charge is 2.31. The van der Waals surface area contributed by atoms with Gasteiger partial charge in [0.15, 0.2) is 0 Å². The van der Waals surface area contributed by atoms with Gasteiger partial charge in [0.2, 0.25) is 11.8 Å². The van der Waals surface area contributed by atoms with Gasteiger partial charge in [0.1, 0.15) is 25.6 Å². The summed E-state index contributed by atoms with van der Waals surface area (Å²) in [6.45, 7) is 2.22. The standard InChI is InChI=1S/C37H34FN3O4/c38-33-22-30(16-17-32(33)34-23-39-20-21-41(34)37(42)45-26-29-14-8-3-9-15-29)31-18-19-35(43-24-27-10-4-1-5-11-27)40-36(31)44-25-28-12-6-2-7-13-28/h1-19,22,34,39H,20-21,23-26H2. The Balaban J connectivity index is 1.23. The number of piperazine rings is 1. The first-order valence-corrected chi connectivity index (χ1v) is 15.0. The predicted octanol–water partition coefficient (Wildman–Crippen LogP) is 7.33. The fourth-order valence-electron chi connectivity index (χ4n) is 5.26. The van der Waals surface area contributed by atoms with Gasteiger partial charge in [0.25, 0.3) is 0 Å². The topological polar surface area (TPSA) is 72.9 Å². The van der Waals surface area contributed by atoms with Crippen LogP contribution in [-0.2, 0) is 24.6 Å². The third-order valence-corrected chi connectivity index (χ3v) is 7.64. The molecule has 0 saturated carbocycles. The second kappa shape index (κ2) is 14.5. The minimum absolute atomic E-state index is 0.154. The zero-order chi connectivity index (χ0) is 30.8. The van der Waals surface area contributed by atoms with E-state index in [4.69, 9.17) is 14.2 Å². The largest absolute Gasteiger partial charge is 0.473 e. The first-order chi connectivity index (χ1) is 22.1. The molecule has 1 saturated heterocycles. The van der Waals surface area contributed by atoms with Crippen molar-refractivity contribution >= 4 is 6.09 Å². The molecule has 1 atom stereocenters. The number of hydrogen-bond acceptors (Lipinski definition) is 6. The fourth-order valence-corrected chi connectivity index (χ4v) is 5.26. The van der Waals surface area contributed by atoms with Crippen LogP contribution in [0.4, 0.5) is 9.18 Å². The van der Waals surface area contributed by atoms with E-state index in [1.807, 2.05) is 103 Å². The molecule has 0 radical (unpaired) electrons. The Morgan fingerprint density at radius 2 is 1.40 bits per heavy atom. The summed E-state index contributed by atoms with van der Waals surface area (Å²) in [5.74, 6) is 0.309. The lowest BCUT2D eigenvalue weighted by atomic mass is 9.98. The summed E-state index contributed by atoms with van der Waals surface area (Å²) in [5, 5.41) is 3.28. The molecule has 1 aliphatic heterocycles. The van der Waals surface area contributed by atoms with Gasteiger partial charge in [-0.3, -0.25) is 4.90 Å². The monoisotopic (exact) mass is 603 g/mol. The van der Waals surface area contributed by atoms with E-state index < -0.39 is 18.0 Å². The van der Waals surface area contributed by atoms with E-state index in [2.05, 4.69) is 10.3 Å². The van der Waals surface area contributed by atoms with Gasteiger partial charge in [0, 0.05) is 36.8 Å². The second-order valence-electron chi connectivity index (χ2n) is 10.7. The molecule has 1 aromatic heterocycles. The Hall–Kier alpha value is -5.21. The van der Waals surface area contributed by atoms with Crippen molar-refractivity contribution in [3.05, 3.63) is 149 Å². The lowest BCUT2D eigenvalue weighted by Gasteiger charge is -2.35. The summed E-state index contributed by atoms with van der Waals surface area (Å²) in [5.41, 5.74) is 4.52. The van der Waals surface area contributed by atoms with Crippen LogP contribution in [0.15, 0.2) is 121 Å². The summed E-state index contributed by atoms with van der Waals surface area (Å²) in [6.07, 6.45) is -0.472. The lowest BCUT2D eigenvalue weighted by Crippen LogP contribution is -2.49. The maximum atomic E-state index is 15.9. The number of benzene rings is 4. The quantitative estimate of drug-likeness (QED) is 0.180. The van der Waals surface area contributed by atoms with E-state index >= 15 is 4.39 Å². The first kappa shape index (κ1) is 29.8. The number of ether oxygens (including phenoxy) is 3. The molecule has 0 spiro atoms. The maximum absolute atomic E-state index is 15.9. The van der Waals surface area contributed by atoms with Crippen LogP contribution in [0.25, 0.3) is 11.1 Å². The highest BCUT2D eigenvalue weighted by atomic mass is 19.1. The normalized spacial score (nSPS) is 14.5. The van der Waals surface area contributed by atoms with E-state index in [9.17, 15) is 4.79 Å². The lowest BCUT2D eigenvalue weighted by molar-refractivity contribution is 0.0713. The van der Waals surface area contributed by atoms with Gasteiger partial charge in [-0.05, 0) is 34.4 Å². The number of rotatable bonds is 10. The van der Waals surface area contributed by atoms with Crippen molar-refractivity contribution in [2.24, 2.45) is 0 Å². The third kappa shape index (κ3) is 7.66. The van der Waals surface area contributed by atoms with Gasteiger partial charge in [-0.2, -0.15) is 4.98 Å². The number of hydrogen-bond donors (Lipinski definition) is 1. The highest BCUT2D eigenvalue weighted by Crippen LogP contribution is 2.34. The number of halogens is 1. The molecule has 5 aromatic rings. The van der Waals surface area contributed by atoms with Crippen LogP contribution >= 0.6 is 0 Å². The van der Waals surface area contributed by atoms with Crippen molar-refractivity contribution in [1.29, 1.82) is 0 Å². The first-order valence-electron chi connectivity index (χ1n) is 15.0. The SMILES string of the molecule is O=C(OCc1ccccc1)N1CCNCC1c1ccc(-c2ccc(OCc3ccccc3)nc2OCc2ccccc2)cc1F. The Kier molecular flexibility index (Phi) is 9.62. The molecule has 228 valence electrons. The van der Waals surface area contributed by atoms with Gasteiger partial charge in [-0.1, -0.05) is 103 Å². The Labute approximate surface area is 262 Å². The molecule has 6 rings (SSSR count). The smallest absolute Gasteiger partial charge is 0.410 e. The summed E-state index contributed by atoms with van der Waals surface area (Å²) >= 11 is 0. The molecular weight excluding hydrogens is 569 g/mol. The van der Waals surface area contributed by atoms with E-state index in [0.29, 0.717) is 54.7 Å². The van der Waals surface area contributed by atoms with E-state index in [1.54, 1.807) is 17.0 Å². The number of pyridine rings is 1. The maximum Gasteiger partial charge on any atom is 0.410 e. The molecule has 2 heterocycles. The minimum atomic E-state index is -0.517. The minimum Gasteiger partial charge on any atom is -0.473 e. The molecule has 1 unspecified atom stereocenters. The zero-order valence-corrected chi connectivity index (χ0v) is 24.8. The van der Waals surface area contributed by atoms with E-state index in [1.165, 1.54) is 6.07 Å². The fraction of sp³-hybridized carbons (Fsp3) is 0.189. The molecule has 0 aliphatic carbocycles. The predicted molar refractivity (Wildman–Crippen MR) is 170 cm³/mol. The van der Waals surface area contributed by atoms with Crippen LogP contribution in [0.1, 0.15) is 28.3 Å². The summed E-state index contributed by atoms with van der Waals surface area (Å²) in [7, 11) is 0. The van der Waals surface area contributed by atoms with Crippen molar-refractivity contribution < 1.29 is 23.4 Å². The van der Waals surface area contributed by atoms with Crippen LogP contribution in [0.3, 0.4) is 0 Å². The van der Waals surface area contributed by atoms with Gasteiger partial charge in [-0.15, -0.1) is 0 Å². The average Bonchev–Trinajstić information content (AvgIpc) is 3.10. The van der Waals surface area contributed by atoms with Gasteiger partial charge in [-0.25, -0.2) is 9.18 Å². The molecule has 45 heavy (non-hydrogen) atoms. The van der Waals surface area contributed by atoms with Gasteiger partial charge >= 0.3 is 6.09 Å². The molecule has 7 nitrogen and oxygen atoms in total. The zero-order valence-electron chi connectivity index (χ0n) is 24.8. The summed E-state index contributed by atoms with van der Waals surface area (Å²) in [6, 6.07) is 37.2. The van der Waals surface area contributed by atoms with Crippen molar-refractivity contribution in [2.75, 3.05) is 19.6 Å². The van der Waals surface area contributed by atoms with Crippen LogP contribution in [0.5, 0.6) is 11.8 Å². The van der Waals surface area contributed by atoms with E-state index in [-0.39, 0.29) is 13.2 Å². The molecule has 1 N–H and O–H groups in total. The van der Waals surface area contributed by atoms with Crippen molar-refractivity contribution in [3.8, 4) is 22.9 Å². The Morgan fingerprint density at radius 3 is 2.04 bits per heavy atom. The van der Waals surface area contributed by atoms with Crippen molar-refractivity contribution in [3.63, 3.8) is 0 Å². The highest BCUT2D eigenvalue weighted by molar-refractivity contribution is 5.71.